The van der Waals surface area contributed by atoms with Crippen LogP contribution in [0.1, 0.15) is 33.2 Å². The predicted octanol–water partition coefficient (Wildman–Crippen LogP) is 1.02. The third-order valence-electron chi connectivity index (χ3n) is 4.37. The van der Waals surface area contributed by atoms with Crippen LogP contribution in [0.2, 0.25) is 0 Å². The quantitative estimate of drug-likeness (QED) is 0.268. The monoisotopic (exact) mass is 486 g/mol. The number of aliphatic imine (C=N–C) groups is 1. The summed E-state index contributed by atoms with van der Waals surface area (Å²) in [7, 11) is 0. The fourth-order valence-corrected chi connectivity index (χ4v) is 3.33. The van der Waals surface area contributed by atoms with Gasteiger partial charge in [-0.2, -0.15) is 16.8 Å². The number of carboxylic acids is 1. The van der Waals surface area contributed by atoms with E-state index in [1.807, 2.05) is 6.26 Å². The van der Waals surface area contributed by atoms with E-state index in [1.165, 1.54) is 60.3 Å². The van der Waals surface area contributed by atoms with E-state index in [9.17, 15) is 24.3 Å². The Labute approximate surface area is 200 Å². The molecule has 0 bridgehead atoms. The second kappa shape index (κ2) is 13.0. The Morgan fingerprint density at radius 2 is 1.62 bits per heavy atom. The van der Waals surface area contributed by atoms with Crippen molar-refractivity contribution in [3.05, 3.63) is 65.2 Å². The zero-order valence-corrected chi connectivity index (χ0v) is 19.4. The van der Waals surface area contributed by atoms with Gasteiger partial charge in [-0.1, -0.05) is 12.1 Å². The van der Waals surface area contributed by atoms with Crippen LogP contribution in [-0.4, -0.2) is 60.9 Å². The molecule has 2 amide bonds. The summed E-state index contributed by atoms with van der Waals surface area (Å²) >= 11 is 1.39. The van der Waals surface area contributed by atoms with Crippen LogP contribution >= 0.6 is 11.8 Å². The Hall–Kier alpha value is -3.86. The van der Waals surface area contributed by atoms with Crippen LogP contribution in [0.15, 0.2) is 53.5 Å². The molecule has 0 aliphatic carbocycles. The lowest BCUT2D eigenvalue weighted by Crippen LogP contribution is -2.42. The molecule has 2 aromatic rings. The molecule has 0 radical (unpaired) electrons. The van der Waals surface area contributed by atoms with E-state index >= 15 is 0 Å². The molecule has 0 spiro atoms. The average molecular weight is 487 g/mol. The minimum Gasteiger partial charge on any atom is -0.546 e. The molecule has 34 heavy (non-hydrogen) atoms. The molecule has 1 unspecified atom stereocenters. The zero-order valence-electron chi connectivity index (χ0n) is 18.6. The maximum absolute atomic E-state index is 12.9. The van der Waals surface area contributed by atoms with Gasteiger partial charge in [0.1, 0.15) is 24.2 Å². The Morgan fingerprint density at radius 1 is 1.03 bits per heavy atom. The Kier molecular flexibility index (Phi) is 10.1. The number of ketones is 1. The van der Waals surface area contributed by atoms with Gasteiger partial charge in [0.25, 0.3) is 5.91 Å². The number of hydrogen-bond donors (Lipinski definition) is 2. The van der Waals surface area contributed by atoms with Gasteiger partial charge in [0.2, 0.25) is 0 Å². The van der Waals surface area contributed by atoms with Crippen molar-refractivity contribution in [1.29, 1.82) is 0 Å². The van der Waals surface area contributed by atoms with Gasteiger partial charge in [-0.15, -0.1) is 0 Å². The van der Waals surface area contributed by atoms with Crippen LogP contribution in [0.25, 0.3) is 0 Å². The first-order valence-corrected chi connectivity index (χ1v) is 11.5. The average Bonchev–Trinajstić information content (AvgIpc) is 2.82. The number of benzene rings is 2. The summed E-state index contributed by atoms with van der Waals surface area (Å²) in [5, 5.41) is 13.2. The molecule has 180 valence electrons. The number of aliphatic carboxylic acids is 1. The van der Waals surface area contributed by atoms with E-state index in [2.05, 4.69) is 10.3 Å². The molecule has 0 saturated carbocycles. The molecule has 3 N–H and O–H groups in total. The molecule has 11 heteroatoms. The summed E-state index contributed by atoms with van der Waals surface area (Å²) in [6.07, 6.45) is 1.00. The fourth-order valence-electron chi connectivity index (χ4n) is 2.76. The third kappa shape index (κ3) is 7.93. The van der Waals surface area contributed by atoms with Gasteiger partial charge in [0.05, 0.1) is 12.6 Å². The molecule has 0 aromatic heterocycles. The van der Waals surface area contributed by atoms with Crippen molar-refractivity contribution in [2.24, 2.45) is 10.7 Å². The second-order valence-corrected chi connectivity index (χ2v) is 7.71. The number of amidine groups is 1. The maximum Gasteiger partial charge on any atom is 0.435 e. The molecule has 0 fully saturated rings. The molecule has 2 rings (SSSR count). The number of rotatable bonds is 11. The second-order valence-electron chi connectivity index (χ2n) is 6.80. The highest BCUT2D eigenvalue weighted by Crippen LogP contribution is 2.15. The van der Waals surface area contributed by atoms with Crippen molar-refractivity contribution in [2.75, 3.05) is 25.2 Å². The SMILES string of the molecule is CCOC(=O)/N=C(\N)c1ccc(C(=O)NC(CSC)C(=O)c2ccc(OCC(=O)[O-])cc2)cc1. The first-order valence-electron chi connectivity index (χ1n) is 10.1. The minimum atomic E-state index is -1.36. The van der Waals surface area contributed by atoms with Crippen LogP contribution in [0.3, 0.4) is 0 Å². The van der Waals surface area contributed by atoms with Crippen molar-refractivity contribution < 1.29 is 33.8 Å². The fraction of sp³-hybridized carbons (Fsp3) is 0.261. The number of carbonyl (C=O) groups excluding carboxylic acids is 4. The zero-order chi connectivity index (χ0) is 25.1. The summed E-state index contributed by atoms with van der Waals surface area (Å²) in [5.74, 6) is -1.56. The number of Topliss-reactive ketones (excluding diaryl/α,β-unsaturated/α-hetero) is 1. The lowest BCUT2D eigenvalue weighted by atomic mass is 10.0. The van der Waals surface area contributed by atoms with Gasteiger partial charge in [-0.25, -0.2) is 4.79 Å². The van der Waals surface area contributed by atoms with E-state index in [0.717, 1.165) is 0 Å². The first kappa shape index (κ1) is 26.4. The molecule has 1 atom stereocenters. The molecule has 2 aromatic carbocycles. The van der Waals surface area contributed by atoms with Gasteiger partial charge in [0.15, 0.2) is 5.78 Å². The van der Waals surface area contributed by atoms with Crippen LogP contribution in [-0.2, 0) is 9.53 Å². The molecule has 0 aliphatic rings. The number of nitrogens with zero attached hydrogens (tertiary/aromatic N) is 1. The topological polar surface area (TPSA) is 160 Å². The molecular formula is C23H24N3O7S-. The summed E-state index contributed by atoms with van der Waals surface area (Å²) < 4.78 is 9.71. The summed E-state index contributed by atoms with van der Waals surface area (Å²) in [4.78, 5) is 51.2. The van der Waals surface area contributed by atoms with Gasteiger partial charge in [0, 0.05) is 22.4 Å². The van der Waals surface area contributed by atoms with E-state index < -0.39 is 30.6 Å². The van der Waals surface area contributed by atoms with Crippen molar-refractivity contribution >= 4 is 41.4 Å². The van der Waals surface area contributed by atoms with Crippen LogP contribution in [0.4, 0.5) is 4.79 Å². The molecular weight excluding hydrogens is 462 g/mol. The smallest absolute Gasteiger partial charge is 0.435 e. The van der Waals surface area contributed by atoms with E-state index in [1.54, 1.807) is 6.92 Å². The standard InChI is InChI=1S/C23H25N3O7S/c1-3-32-23(31)26-21(24)15-4-6-16(7-5-15)22(30)25-18(13-34-2)20(29)14-8-10-17(11-9-14)33-12-19(27)28/h4-11,18H,3,12-13H2,1-2H3,(H,25,30)(H,27,28)(H2,24,26,31)/p-1. The Morgan fingerprint density at radius 3 is 2.18 bits per heavy atom. The van der Waals surface area contributed by atoms with E-state index in [4.69, 9.17) is 15.2 Å². The number of hydrogen-bond acceptors (Lipinski definition) is 8. The lowest BCUT2D eigenvalue weighted by molar-refractivity contribution is -0.307. The number of ether oxygens (including phenoxy) is 2. The van der Waals surface area contributed by atoms with Gasteiger partial charge < -0.3 is 30.4 Å². The third-order valence-corrected chi connectivity index (χ3v) is 5.04. The van der Waals surface area contributed by atoms with Gasteiger partial charge in [-0.05, 0) is 49.6 Å². The highest BCUT2D eigenvalue weighted by molar-refractivity contribution is 7.98. The number of nitrogens with two attached hydrogens (primary N) is 1. The maximum atomic E-state index is 12.9. The van der Waals surface area contributed by atoms with E-state index in [-0.39, 0.29) is 29.5 Å². The van der Waals surface area contributed by atoms with Crippen LogP contribution in [0, 0.1) is 0 Å². The van der Waals surface area contributed by atoms with Crippen LogP contribution < -0.4 is 20.9 Å². The van der Waals surface area contributed by atoms with Crippen LogP contribution in [0.5, 0.6) is 5.75 Å². The lowest BCUT2D eigenvalue weighted by Gasteiger charge is -2.17. The van der Waals surface area contributed by atoms with Gasteiger partial charge >= 0.3 is 6.09 Å². The Bertz CT molecular complexity index is 1050. The predicted molar refractivity (Wildman–Crippen MR) is 125 cm³/mol. The largest absolute Gasteiger partial charge is 0.546 e. The van der Waals surface area contributed by atoms with Crippen molar-refractivity contribution in [1.82, 2.24) is 5.32 Å². The molecule has 10 nitrogen and oxygen atoms in total. The molecule has 0 heterocycles. The molecule has 0 saturated heterocycles. The van der Waals surface area contributed by atoms with E-state index in [0.29, 0.717) is 16.9 Å². The Balaban J connectivity index is 2.08. The number of carboxylic acid groups (broad SMARTS) is 1. The number of nitrogens with one attached hydrogen (secondary N) is 1. The minimum absolute atomic E-state index is 0.0483. The first-order chi connectivity index (χ1) is 16.2. The van der Waals surface area contributed by atoms with Crippen molar-refractivity contribution in [3.8, 4) is 5.75 Å². The number of amides is 2. The van der Waals surface area contributed by atoms with Gasteiger partial charge in [-0.3, -0.25) is 9.59 Å². The number of thioether (sulfide) groups is 1. The highest BCUT2D eigenvalue weighted by atomic mass is 32.2. The van der Waals surface area contributed by atoms with Crippen molar-refractivity contribution in [2.45, 2.75) is 13.0 Å². The highest BCUT2D eigenvalue weighted by Gasteiger charge is 2.22. The van der Waals surface area contributed by atoms with Crippen molar-refractivity contribution in [3.63, 3.8) is 0 Å². The summed E-state index contributed by atoms with van der Waals surface area (Å²) in [6, 6.07) is 11.2. The summed E-state index contributed by atoms with van der Waals surface area (Å²) in [5.41, 5.74) is 6.84. The summed E-state index contributed by atoms with van der Waals surface area (Å²) in [6.45, 7) is 1.22. The number of carbonyl (C=O) groups is 4. The normalized spacial score (nSPS) is 11.9. The molecule has 0 aliphatic heterocycles.